The van der Waals surface area contributed by atoms with Crippen molar-refractivity contribution in [1.82, 2.24) is 0 Å². The highest BCUT2D eigenvalue weighted by Crippen LogP contribution is 2.59. The highest BCUT2D eigenvalue weighted by Gasteiger charge is 2.51. The molecule has 0 spiro atoms. The molecule has 0 heterocycles. The van der Waals surface area contributed by atoms with Gasteiger partial charge in [-0.3, -0.25) is 4.79 Å². The summed E-state index contributed by atoms with van der Waals surface area (Å²) in [4.78, 5) is 12.1. The molecule has 0 amide bonds. The number of allylic oxidation sites excluding steroid dienone is 2. The van der Waals surface area contributed by atoms with E-state index in [2.05, 4.69) is 6.08 Å². The van der Waals surface area contributed by atoms with Crippen LogP contribution in [0.1, 0.15) is 36.8 Å². The number of benzene rings is 1. The third-order valence-corrected chi connectivity index (χ3v) is 5.53. The van der Waals surface area contributed by atoms with Crippen LogP contribution in [-0.2, 0) is 11.2 Å². The van der Waals surface area contributed by atoms with E-state index >= 15 is 0 Å². The molecular weight excluding hydrogens is 247 g/mol. The van der Waals surface area contributed by atoms with Crippen molar-refractivity contribution < 1.29 is 9.90 Å². The van der Waals surface area contributed by atoms with Crippen LogP contribution in [0.25, 0.3) is 5.57 Å². The van der Waals surface area contributed by atoms with Gasteiger partial charge in [-0.05, 0) is 71.7 Å². The maximum Gasteiger partial charge on any atom is 0.130 e. The van der Waals surface area contributed by atoms with E-state index in [-0.39, 0.29) is 5.78 Å². The first kappa shape index (κ1) is 12.3. The molecule has 0 unspecified atom stereocenters. The zero-order chi connectivity index (χ0) is 13.9. The van der Waals surface area contributed by atoms with Crippen molar-refractivity contribution in [2.45, 2.75) is 37.4 Å². The van der Waals surface area contributed by atoms with Crippen LogP contribution >= 0.6 is 0 Å². The summed E-state index contributed by atoms with van der Waals surface area (Å²) in [5.41, 5.74) is 3.83. The quantitative estimate of drug-likeness (QED) is 0.731. The molecule has 0 aliphatic heterocycles. The molecule has 3 aliphatic rings. The van der Waals surface area contributed by atoms with Crippen LogP contribution in [0.4, 0.5) is 0 Å². The van der Waals surface area contributed by atoms with Gasteiger partial charge < -0.3 is 5.11 Å². The Labute approximate surface area is 120 Å². The summed E-state index contributed by atoms with van der Waals surface area (Å²) in [5.74, 6) is 1.30. The number of phenols is 1. The first-order valence-electron chi connectivity index (χ1n) is 7.44. The minimum atomic E-state index is -0.609. The Balaban J connectivity index is 1.81. The highest BCUT2D eigenvalue weighted by molar-refractivity contribution is 6.30. The number of carbonyl (C=O) groups is 1. The van der Waals surface area contributed by atoms with Gasteiger partial charge in [0.1, 0.15) is 11.5 Å². The zero-order valence-electron chi connectivity index (χ0n) is 11.4. The number of ketones is 1. The highest BCUT2D eigenvalue weighted by atomic mass is 16.3. The van der Waals surface area contributed by atoms with E-state index in [4.69, 9.17) is 7.85 Å². The molecule has 3 atom stereocenters. The van der Waals surface area contributed by atoms with Crippen LogP contribution in [0.5, 0.6) is 5.75 Å². The summed E-state index contributed by atoms with van der Waals surface area (Å²) in [6, 6.07) is 5.64. The predicted molar refractivity (Wildman–Crippen MR) is 78.7 cm³/mol. The fraction of sp³-hybridized carbons (Fsp3) is 0.471. The lowest BCUT2D eigenvalue weighted by atomic mass is 9.51. The molecule has 0 bridgehead atoms. The number of fused-ring (bicyclic) bond motifs is 5. The summed E-state index contributed by atoms with van der Waals surface area (Å²) in [5, 5.41) is 9.02. The van der Waals surface area contributed by atoms with Crippen molar-refractivity contribution >= 4 is 19.2 Å². The van der Waals surface area contributed by atoms with Gasteiger partial charge in [0.05, 0.1) is 7.85 Å². The van der Waals surface area contributed by atoms with Crippen LogP contribution in [0.3, 0.4) is 0 Å². The van der Waals surface area contributed by atoms with Gasteiger partial charge in [0.2, 0.25) is 0 Å². The molecule has 3 aliphatic carbocycles. The minimum absolute atomic E-state index is 0.245. The summed E-state index contributed by atoms with van der Waals surface area (Å²) >= 11 is 0. The van der Waals surface area contributed by atoms with Gasteiger partial charge in [0.25, 0.3) is 0 Å². The van der Waals surface area contributed by atoms with E-state index in [1.54, 1.807) is 6.07 Å². The van der Waals surface area contributed by atoms with E-state index in [1.165, 1.54) is 16.7 Å². The molecule has 0 aromatic heterocycles. The van der Waals surface area contributed by atoms with Gasteiger partial charge in [-0.15, -0.1) is 0 Å². The molecule has 2 radical (unpaired) electrons. The number of phenolic OH excluding ortho intramolecular Hbond substituents is 1. The first-order valence-corrected chi connectivity index (χ1v) is 7.44. The van der Waals surface area contributed by atoms with E-state index < -0.39 is 5.31 Å². The van der Waals surface area contributed by atoms with E-state index in [0.717, 1.165) is 19.3 Å². The molecule has 1 saturated carbocycles. The molecule has 20 heavy (non-hydrogen) atoms. The lowest BCUT2D eigenvalue weighted by molar-refractivity contribution is -0.120. The number of hydrogen-bond donors (Lipinski definition) is 1. The number of Topliss-reactive ketones (excluding diaryl/α,β-unsaturated/α-hetero) is 1. The van der Waals surface area contributed by atoms with Gasteiger partial charge in [-0.2, -0.15) is 0 Å². The Bertz CT molecular complexity index is 634. The fourth-order valence-electron chi connectivity index (χ4n) is 4.50. The van der Waals surface area contributed by atoms with E-state index in [0.29, 0.717) is 30.4 Å². The molecule has 1 aromatic carbocycles. The molecule has 1 N–H and O–H groups in total. The average Bonchev–Trinajstić information content (AvgIpc) is 2.74. The smallest absolute Gasteiger partial charge is 0.130 e. The van der Waals surface area contributed by atoms with Crippen molar-refractivity contribution in [2.24, 2.45) is 11.8 Å². The standard InChI is InChI=1S/C17H17BO2/c18-17-8-7-13-12-4-2-11(19)9-10(12)1-3-14(13)15(17)5-6-16(17)20/h2,4,7,9,14-15,19H,1,3,5-6,8H2/t14-,15+,17-/m1/s1. The van der Waals surface area contributed by atoms with Crippen molar-refractivity contribution in [1.29, 1.82) is 0 Å². The second-order valence-electron chi connectivity index (χ2n) is 6.46. The van der Waals surface area contributed by atoms with Gasteiger partial charge in [0.15, 0.2) is 0 Å². The third-order valence-electron chi connectivity index (χ3n) is 5.53. The van der Waals surface area contributed by atoms with Crippen LogP contribution in [0.2, 0.25) is 5.31 Å². The lowest BCUT2D eigenvalue weighted by Crippen LogP contribution is -2.35. The van der Waals surface area contributed by atoms with E-state index in [9.17, 15) is 9.90 Å². The van der Waals surface area contributed by atoms with Crippen molar-refractivity contribution in [3.63, 3.8) is 0 Å². The van der Waals surface area contributed by atoms with Crippen molar-refractivity contribution in [3.8, 4) is 5.75 Å². The lowest BCUT2D eigenvalue weighted by Gasteiger charge is -2.43. The topological polar surface area (TPSA) is 37.3 Å². The van der Waals surface area contributed by atoms with Crippen LogP contribution in [-0.4, -0.2) is 18.7 Å². The zero-order valence-corrected chi connectivity index (χ0v) is 11.4. The normalized spacial score (nSPS) is 35.0. The third kappa shape index (κ3) is 1.49. The Hall–Kier alpha value is -1.51. The molecular formula is C17H17BO2. The number of hydrogen-bond acceptors (Lipinski definition) is 2. The Kier molecular flexibility index (Phi) is 2.45. The number of carbonyl (C=O) groups excluding carboxylic acids is 1. The van der Waals surface area contributed by atoms with Crippen LogP contribution in [0.15, 0.2) is 24.3 Å². The molecule has 3 heteroatoms. The van der Waals surface area contributed by atoms with Gasteiger partial charge in [-0.1, -0.05) is 12.1 Å². The van der Waals surface area contributed by atoms with Crippen LogP contribution in [0, 0.1) is 11.8 Å². The molecule has 1 aromatic rings. The Morgan fingerprint density at radius 3 is 2.95 bits per heavy atom. The molecule has 4 rings (SSSR count). The SMILES string of the molecule is [B][C@]12CC=C3c4ccc(O)cc4CC[C@H]3[C@@H]1CCC2=O. The molecule has 0 saturated heterocycles. The van der Waals surface area contributed by atoms with Crippen LogP contribution < -0.4 is 0 Å². The largest absolute Gasteiger partial charge is 0.508 e. The molecule has 100 valence electrons. The monoisotopic (exact) mass is 264 g/mol. The van der Waals surface area contributed by atoms with Gasteiger partial charge in [-0.25, -0.2) is 0 Å². The fourth-order valence-corrected chi connectivity index (χ4v) is 4.50. The Morgan fingerprint density at radius 1 is 1.25 bits per heavy atom. The van der Waals surface area contributed by atoms with Gasteiger partial charge >= 0.3 is 0 Å². The minimum Gasteiger partial charge on any atom is -0.508 e. The summed E-state index contributed by atoms with van der Waals surface area (Å²) < 4.78 is 0. The van der Waals surface area contributed by atoms with Gasteiger partial charge in [0, 0.05) is 6.42 Å². The maximum absolute atomic E-state index is 12.1. The second kappa shape index (κ2) is 4.00. The summed E-state index contributed by atoms with van der Waals surface area (Å²) in [6.45, 7) is 0. The summed E-state index contributed by atoms with van der Waals surface area (Å²) in [6.07, 6.45) is 6.43. The van der Waals surface area contributed by atoms with E-state index in [1.807, 2.05) is 12.1 Å². The number of aryl methyl sites for hydroxylation is 1. The first-order chi connectivity index (χ1) is 9.59. The van der Waals surface area contributed by atoms with Crippen molar-refractivity contribution in [2.75, 3.05) is 0 Å². The molecule has 2 nitrogen and oxygen atoms in total. The average molecular weight is 264 g/mol. The maximum atomic E-state index is 12.1. The number of rotatable bonds is 0. The second-order valence-corrected chi connectivity index (χ2v) is 6.46. The predicted octanol–water partition coefficient (Wildman–Crippen LogP) is 3.05. The molecule has 1 fully saturated rings. The van der Waals surface area contributed by atoms with Crippen molar-refractivity contribution in [3.05, 3.63) is 35.4 Å². The summed E-state index contributed by atoms with van der Waals surface area (Å²) in [7, 11) is 6.42. The number of aromatic hydroxyl groups is 1. The Morgan fingerprint density at radius 2 is 2.10 bits per heavy atom.